The first-order chi connectivity index (χ1) is 15.0. The Balaban J connectivity index is 1.29. The molecule has 1 aliphatic rings. The summed E-state index contributed by atoms with van der Waals surface area (Å²) >= 11 is 0. The molecule has 0 bridgehead atoms. The van der Waals surface area contributed by atoms with Gasteiger partial charge < -0.3 is 14.6 Å². The van der Waals surface area contributed by atoms with E-state index in [-0.39, 0.29) is 11.8 Å². The number of nitrogens with one attached hydrogen (secondary N) is 2. The van der Waals surface area contributed by atoms with Gasteiger partial charge in [-0.3, -0.25) is 19.6 Å². The number of hydrogen-bond acceptors (Lipinski definition) is 5. The summed E-state index contributed by atoms with van der Waals surface area (Å²) in [5.41, 5.74) is 3.03. The molecule has 8 nitrogen and oxygen atoms in total. The number of furan rings is 1. The molecule has 1 fully saturated rings. The van der Waals surface area contributed by atoms with Gasteiger partial charge in [0.05, 0.1) is 6.54 Å². The van der Waals surface area contributed by atoms with Gasteiger partial charge in [-0.1, -0.05) is 25.1 Å². The number of benzene rings is 1. The monoisotopic (exact) mass is 421 g/mol. The zero-order valence-electron chi connectivity index (χ0n) is 17.9. The average molecular weight is 422 g/mol. The number of anilines is 1. The van der Waals surface area contributed by atoms with Crippen LogP contribution in [0.15, 0.2) is 46.9 Å². The van der Waals surface area contributed by atoms with Gasteiger partial charge in [0.15, 0.2) is 11.5 Å². The zero-order valence-corrected chi connectivity index (χ0v) is 17.9. The molecule has 4 rings (SSSR count). The van der Waals surface area contributed by atoms with E-state index < -0.39 is 0 Å². The number of carbonyl (C=O) groups is 2. The van der Waals surface area contributed by atoms with Gasteiger partial charge in [-0.25, -0.2) is 0 Å². The smallest absolute Gasteiger partial charge is 0.274 e. The molecule has 2 aromatic heterocycles. The highest BCUT2D eigenvalue weighted by Crippen LogP contribution is 2.21. The molecule has 0 radical (unpaired) electrons. The van der Waals surface area contributed by atoms with E-state index in [0.717, 1.165) is 23.4 Å². The van der Waals surface area contributed by atoms with Gasteiger partial charge in [0.1, 0.15) is 11.5 Å². The average Bonchev–Trinajstić information content (AvgIpc) is 3.43. The number of aromatic amines is 1. The SMILES string of the molecule is CCc1ccccc1NC(=O)CN1CCN(C(=O)c2cc(-c3ccc(C)o3)[nH]n2)CC1. The van der Waals surface area contributed by atoms with Crippen molar-refractivity contribution < 1.29 is 14.0 Å². The lowest BCUT2D eigenvalue weighted by Gasteiger charge is -2.33. The summed E-state index contributed by atoms with van der Waals surface area (Å²) in [6.45, 7) is 6.64. The third kappa shape index (κ3) is 4.86. The van der Waals surface area contributed by atoms with E-state index in [4.69, 9.17) is 4.42 Å². The number of nitrogens with zero attached hydrogens (tertiary/aromatic N) is 3. The van der Waals surface area contributed by atoms with Gasteiger partial charge in [0, 0.05) is 37.9 Å². The normalized spacial score (nSPS) is 14.6. The second-order valence-corrected chi connectivity index (χ2v) is 7.70. The number of aryl methyl sites for hydroxylation is 2. The van der Waals surface area contributed by atoms with Crippen LogP contribution in [0.4, 0.5) is 5.69 Å². The van der Waals surface area contributed by atoms with Crippen LogP contribution in [0.1, 0.15) is 28.7 Å². The number of piperazine rings is 1. The second kappa shape index (κ2) is 9.18. The van der Waals surface area contributed by atoms with Crippen molar-refractivity contribution >= 4 is 17.5 Å². The summed E-state index contributed by atoms with van der Waals surface area (Å²) in [6.07, 6.45) is 0.867. The molecule has 3 heterocycles. The number of aromatic nitrogens is 2. The van der Waals surface area contributed by atoms with Crippen molar-refractivity contribution in [3.8, 4) is 11.5 Å². The van der Waals surface area contributed by atoms with Gasteiger partial charge in [-0.2, -0.15) is 5.10 Å². The molecular weight excluding hydrogens is 394 g/mol. The zero-order chi connectivity index (χ0) is 21.8. The number of H-pyrrole nitrogens is 1. The molecule has 1 saturated heterocycles. The van der Waals surface area contributed by atoms with Crippen LogP contribution in [0.5, 0.6) is 0 Å². The topological polar surface area (TPSA) is 94.5 Å². The van der Waals surface area contributed by atoms with Crippen molar-refractivity contribution in [2.75, 3.05) is 38.0 Å². The summed E-state index contributed by atoms with van der Waals surface area (Å²) in [5, 5.41) is 10.0. The van der Waals surface area contributed by atoms with Crippen LogP contribution in [-0.2, 0) is 11.2 Å². The van der Waals surface area contributed by atoms with E-state index in [1.807, 2.05) is 43.3 Å². The minimum Gasteiger partial charge on any atom is -0.460 e. The number of para-hydroxylation sites is 1. The molecule has 31 heavy (non-hydrogen) atoms. The van der Waals surface area contributed by atoms with E-state index in [0.29, 0.717) is 49.9 Å². The molecule has 2 amide bonds. The van der Waals surface area contributed by atoms with Gasteiger partial charge in [0.2, 0.25) is 5.91 Å². The lowest BCUT2D eigenvalue weighted by molar-refractivity contribution is -0.117. The lowest BCUT2D eigenvalue weighted by Crippen LogP contribution is -2.50. The van der Waals surface area contributed by atoms with E-state index in [2.05, 4.69) is 27.3 Å². The number of carbonyl (C=O) groups excluding carboxylic acids is 2. The first-order valence-corrected chi connectivity index (χ1v) is 10.5. The standard InChI is InChI=1S/C23H27N5O3/c1-3-17-6-4-5-7-18(17)24-22(29)15-27-10-12-28(13-11-27)23(30)20-14-19(25-26-20)21-9-8-16(2)31-21/h4-9,14H,3,10-13,15H2,1-2H3,(H,24,29)(H,25,26). The molecule has 0 aliphatic carbocycles. The highest BCUT2D eigenvalue weighted by Gasteiger charge is 2.25. The Morgan fingerprint density at radius 3 is 2.61 bits per heavy atom. The molecular formula is C23H27N5O3. The van der Waals surface area contributed by atoms with Gasteiger partial charge in [-0.05, 0) is 37.1 Å². The Morgan fingerprint density at radius 2 is 1.90 bits per heavy atom. The van der Waals surface area contributed by atoms with Gasteiger partial charge in [-0.15, -0.1) is 0 Å². The second-order valence-electron chi connectivity index (χ2n) is 7.70. The molecule has 162 valence electrons. The summed E-state index contributed by atoms with van der Waals surface area (Å²) in [4.78, 5) is 29.1. The number of amides is 2. The summed E-state index contributed by atoms with van der Waals surface area (Å²) < 4.78 is 5.58. The summed E-state index contributed by atoms with van der Waals surface area (Å²) in [5.74, 6) is 1.30. The maximum atomic E-state index is 12.8. The van der Waals surface area contributed by atoms with Crippen molar-refractivity contribution in [2.24, 2.45) is 0 Å². The molecule has 0 spiro atoms. The Bertz CT molecular complexity index is 1060. The van der Waals surface area contributed by atoms with Crippen molar-refractivity contribution in [1.82, 2.24) is 20.0 Å². The Morgan fingerprint density at radius 1 is 1.13 bits per heavy atom. The first-order valence-electron chi connectivity index (χ1n) is 10.5. The highest BCUT2D eigenvalue weighted by molar-refractivity contribution is 5.94. The predicted molar refractivity (Wildman–Crippen MR) is 118 cm³/mol. The van der Waals surface area contributed by atoms with Crippen molar-refractivity contribution in [3.05, 3.63) is 59.5 Å². The van der Waals surface area contributed by atoms with Crippen molar-refractivity contribution in [2.45, 2.75) is 20.3 Å². The Hall–Kier alpha value is -3.39. The van der Waals surface area contributed by atoms with Crippen LogP contribution in [0.25, 0.3) is 11.5 Å². The largest absolute Gasteiger partial charge is 0.460 e. The lowest BCUT2D eigenvalue weighted by atomic mass is 10.1. The minimum absolute atomic E-state index is 0.0358. The Labute approximate surface area is 181 Å². The van der Waals surface area contributed by atoms with E-state index in [1.165, 1.54) is 0 Å². The Kier molecular flexibility index (Phi) is 6.18. The van der Waals surface area contributed by atoms with Crippen LogP contribution in [0.2, 0.25) is 0 Å². The molecule has 1 aliphatic heterocycles. The molecule has 0 saturated carbocycles. The van der Waals surface area contributed by atoms with Crippen molar-refractivity contribution in [1.29, 1.82) is 0 Å². The van der Waals surface area contributed by atoms with Crippen molar-refractivity contribution in [3.63, 3.8) is 0 Å². The molecule has 8 heteroatoms. The summed E-state index contributed by atoms with van der Waals surface area (Å²) in [6, 6.07) is 13.3. The minimum atomic E-state index is -0.119. The molecule has 0 unspecified atom stereocenters. The highest BCUT2D eigenvalue weighted by atomic mass is 16.3. The third-order valence-corrected chi connectivity index (χ3v) is 5.50. The first kappa shape index (κ1) is 20.9. The summed E-state index contributed by atoms with van der Waals surface area (Å²) in [7, 11) is 0. The molecule has 1 aromatic carbocycles. The van der Waals surface area contributed by atoms with Gasteiger partial charge >= 0.3 is 0 Å². The quantitative estimate of drug-likeness (QED) is 0.638. The fraction of sp³-hybridized carbons (Fsp3) is 0.348. The molecule has 0 atom stereocenters. The molecule has 2 N–H and O–H groups in total. The van der Waals surface area contributed by atoms with E-state index in [9.17, 15) is 9.59 Å². The van der Waals surface area contributed by atoms with Crippen LogP contribution in [0, 0.1) is 6.92 Å². The number of rotatable bonds is 6. The van der Waals surface area contributed by atoms with E-state index in [1.54, 1.807) is 11.0 Å². The fourth-order valence-corrected chi connectivity index (χ4v) is 3.75. The van der Waals surface area contributed by atoms with Crippen LogP contribution in [-0.4, -0.2) is 64.5 Å². The predicted octanol–water partition coefficient (Wildman–Crippen LogP) is 2.94. The fourth-order valence-electron chi connectivity index (χ4n) is 3.75. The van der Waals surface area contributed by atoms with Crippen LogP contribution < -0.4 is 5.32 Å². The van der Waals surface area contributed by atoms with E-state index >= 15 is 0 Å². The van der Waals surface area contributed by atoms with Crippen LogP contribution >= 0.6 is 0 Å². The van der Waals surface area contributed by atoms with Gasteiger partial charge in [0.25, 0.3) is 5.91 Å². The maximum absolute atomic E-state index is 12.8. The molecule has 3 aromatic rings. The van der Waals surface area contributed by atoms with Crippen LogP contribution in [0.3, 0.4) is 0 Å². The number of hydrogen-bond donors (Lipinski definition) is 2. The maximum Gasteiger partial charge on any atom is 0.274 e. The third-order valence-electron chi connectivity index (χ3n) is 5.50.